The SMILES string of the molecule is COCCOCOC(=O)[C@H](C)N. The number of esters is 1. The lowest BCUT2D eigenvalue weighted by Gasteiger charge is -2.06. The summed E-state index contributed by atoms with van der Waals surface area (Å²) in [6.07, 6.45) is 0. The van der Waals surface area contributed by atoms with Crippen LogP contribution in [0.5, 0.6) is 0 Å². The molecule has 5 nitrogen and oxygen atoms in total. The molecule has 12 heavy (non-hydrogen) atoms. The van der Waals surface area contributed by atoms with Gasteiger partial charge >= 0.3 is 5.97 Å². The standard InChI is InChI=1S/C7H15NO4/c1-6(8)7(9)12-5-11-4-3-10-2/h6H,3-5,8H2,1-2H3/t6-/m0/s1. The van der Waals surface area contributed by atoms with Gasteiger partial charge in [-0.15, -0.1) is 0 Å². The van der Waals surface area contributed by atoms with Gasteiger partial charge in [-0.3, -0.25) is 4.79 Å². The van der Waals surface area contributed by atoms with E-state index in [9.17, 15) is 4.79 Å². The molecule has 0 aliphatic carbocycles. The molecule has 0 heterocycles. The second-order valence-electron chi connectivity index (χ2n) is 2.27. The third-order valence-corrected chi connectivity index (χ3v) is 1.09. The van der Waals surface area contributed by atoms with Crippen molar-refractivity contribution >= 4 is 5.97 Å². The van der Waals surface area contributed by atoms with E-state index in [1.807, 2.05) is 0 Å². The number of methoxy groups -OCH3 is 1. The number of hydrogen-bond acceptors (Lipinski definition) is 5. The predicted octanol–water partition coefficient (Wildman–Crippen LogP) is -0.503. The van der Waals surface area contributed by atoms with Crippen LogP contribution < -0.4 is 5.73 Å². The summed E-state index contributed by atoms with van der Waals surface area (Å²) >= 11 is 0. The zero-order valence-corrected chi connectivity index (χ0v) is 7.41. The molecule has 2 N–H and O–H groups in total. The van der Waals surface area contributed by atoms with Gasteiger partial charge in [-0.05, 0) is 6.92 Å². The molecule has 0 spiro atoms. The van der Waals surface area contributed by atoms with Crippen molar-refractivity contribution in [1.29, 1.82) is 0 Å². The normalized spacial score (nSPS) is 12.6. The van der Waals surface area contributed by atoms with Crippen LogP contribution in [0.4, 0.5) is 0 Å². The Hall–Kier alpha value is -0.650. The Morgan fingerprint density at radius 1 is 1.50 bits per heavy atom. The van der Waals surface area contributed by atoms with E-state index in [-0.39, 0.29) is 6.79 Å². The van der Waals surface area contributed by atoms with Gasteiger partial charge in [-0.25, -0.2) is 0 Å². The number of ether oxygens (including phenoxy) is 3. The quantitative estimate of drug-likeness (QED) is 0.336. The van der Waals surface area contributed by atoms with Crippen molar-refractivity contribution in [1.82, 2.24) is 0 Å². The van der Waals surface area contributed by atoms with Gasteiger partial charge in [-0.1, -0.05) is 0 Å². The van der Waals surface area contributed by atoms with Crippen LogP contribution in [-0.2, 0) is 19.0 Å². The maximum atomic E-state index is 10.7. The fourth-order valence-corrected chi connectivity index (χ4v) is 0.432. The van der Waals surface area contributed by atoms with Crippen molar-refractivity contribution in [2.45, 2.75) is 13.0 Å². The number of nitrogens with two attached hydrogens (primary N) is 1. The summed E-state index contributed by atoms with van der Waals surface area (Å²) in [5.74, 6) is -0.465. The Morgan fingerprint density at radius 3 is 2.67 bits per heavy atom. The summed E-state index contributed by atoms with van der Waals surface area (Å²) in [5, 5.41) is 0. The molecule has 1 atom stereocenters. The van der Waals surface area contributed by atoms with Crippen molar-refractivity contribution in [3.63, 3.8) is 0 Å². The Morgan fingerprint density at radius 2 is 2.17 bits per heavy atom. The van der Waals surface area contributed by atoms with E-state index in [1.165, 1.54) is 0 Å². The van der Waals surface area contributed by atoms with Crippen LogP contribution in [0.25, 0.3) is 0 Å². The number of rotatable bonds is 6. The number of hydrogen-bond donors (Lipinski definition) is 1. The third-order valence-electron chi connectivity index (χ3n) is 1.09. The van der Waals surface area contributed by atoms with Crippen molar-refractivity contribution in [3.05, 3.63) is 0 Å². The largest absolute Gasteiger partial charge is 0.437 e. The third kappa shape index (κ3) is 6.09. The maximum absolute atomic E-state index is 10.7. The van der Waals surface area contributed by atoms with Gasteiger partial charge < -0.3 is 19.9 Å². The highest BCUT2D eigenvalue weighted by Crippen LogP contribution is 1.84. The first-order valence-corrected chi connectivity index (χ1v) is 3.67. The number of carbonyl (C=O) groups excluding carboxylic acids is 1. The van der Waals surface area contributed by atoms with Crippen LogP contribution in [0.15, 0.2) is 0 Å². The Balaban J connectivity index is 3.14. The fraction of sp³-hybridized carbons (Fsp3) is 0.857. The van der Waals surface area contributed by atoms with Crippen LogP contribution in [-0.4, -0.2) is 39.1 Å². The zero-order chi connectivity index (χ0) is 9.40. The Kier molecular flexibility index (Phi) is 6.64. The lowest BCUT2D eigenvalue weighted by atomic mass is 10.4. The molecular weight excluding hydrogens is 162 g/mol. The van der Waals surface area contributed by atoms with Gasteiger partial charge in [0, 0.05) is 7.11 Å². The molecule has 0 fully saturated rings. The molecule has 0 aromatic rings. The van der Waals surface area contributed by atoms with Gasteiger partial charge in [0.25, 0.3) is 0 Å². The first kappa shape index (κ1) is 11.4. The van der Waals surface area contributed by atoms with E-state index in [1.54, 1.807) is 14.0 Å². The molecule has 5 heteroatoms. The summed E-state index contributed by atoms with van der Waals surface area (Å²) in [6.45, 7) is 2.37. The van der Waals surface area contributed by atoms with Crippen molar-refractivity contribution in [2.75, 3.05) is 27.1 Å². The zero-order valence-electron chi connectivity index (χ0n) is 7.41. The van der Waals surface area contributed by atoms with Crippen LogP contribution in [0.2, 0.25) is 0 Å². The maximum Gasteiger partial charge on any atom is 0.324 e. The minimum Gasteiger partial charge on any atom is -0.437 e. The monoisotopic (exact) mass is 177 g/mol. The van der Waals surface area contributed by atoms with Gasteiger partial charge in [0.15, 0.2) is 6.79 Å². The molecule has 0 saturated carbocycles. The van der Waals surface area contributed by atoms with Crippen LogP contribution in [0.3, 0.4) is 0 Å². The molecule has 0 rings (SSSR count). The van der Waals surface area contributed by atoms with Crippen LogP contribution >= 0.6 is 0 Å². The van der Waals surface area contributed by atoms with Gasteiger partial charge in [0.05, 0.1) is 13.2 Å². The summed E-state index contributed by atoms with van der Waals surface area (Å²) < 4.78 is 14.2. The highest BCUT2D eigenvalue weighted by atomic mass is 16.7. The van der Waals surface area contributed by atoms with Gasteiger partial charge in [-0.2, -0.15) is 0 Å². The molecule has 0 aromatic carbocycles. The molecule has 0 amide bonds. The first-order valence-electron chi connectivity index (χ1n) is 3.67. The summed E-state index contributed by atoms with van der Waals surface area (Å²) in [7, 11) is 1.57. The number of carbonyl (C=O) groups is 1. The van der Waals surface area contributed by atoms with Crippen LogP contribution in [0, 0.1) is 0 Å². The molecule has 0 aromatic heterocycles. The molecule has 0 aliphatic rings. The molecule has 0 unspecified atom stereocenters. The summed E-state index contributed by atoms with van der Waals surface area (Å²) in [5.41, 5.74) is 5.22. The van der Waals surface area contributed by atoms with E-state index < -0.39 is 12.0 Å². The smallest absolute Gasteiger partial charge is 0.324 e. The molecular formula is C7H15NO4. The van der Waals surface area contributed by atoms with E-state index in [2.05, 4.69) is 4.74 Å². The average Bonchev–Trinajstić information content (AvgIpc) is 2.03. The summed E-state index contributed by atoms with van der Waals surface area (Å²) in [4.78, 5) is 10.7. The van der Waals surface area contributed by atoms with Crippen molar-refractivity contribution in [2.24, 2.45) is 5.73 Å². The van der Waals surface area contributed by atoms with Gasteiger partial charge in [0.2, 0.25) is 0 Å². The summed E-state index contributed by atoms with van der Waals surface area (Å²) in [6, 6.07) is -0.601. The highest BCUT2D eigenvalue weighted by molar-refractivity contribution is 5.74. The molecule has 0 aliphatic heterocycles. The lowest BCUT2D eigenvalue weighted by molar-refractivity contribution is -0.158. The Labute approximate surface area is 71.8 Å². The fourth-order valence-electron chi connectivity index (χ4n) is 0.432. The lowest BCUT2D eigenvalue weighted by Crippen LogP contribution is -2.29. The predicted molar refractivity (Wildman–Crippen MR) is 42.4 cm³/mol. The average molecular weight is 177 g/mol. The molecule has 0 radical (unpaired) electrons. The second kappa shape index (κ2) is 7.02. The first-order chi connectivity index (χ1) is 5.68. The minimum atomic E-state index is -0.601. The van der Waals surface area contributed by atoms with Crippen molar-refractivity contribution in [3.8, 4) is 0 Å². The van der Waals surface area contributed by atoms with Crippen LogP contribution in [0.1, 0.15) is 6.92 Å². The van der Waals surface area contributed by atoms with E-state index in [0.29, 0.717) is 13.2 Å². The Bertz CT molecular complexity index is 127. The van der Waals surface area contributed by atoms with E-state index >= 15 is 0 Å². The highest BCUT2D eigenvalue weighted by Gasteiger charge is 2.07. The van der Waals surface area contributed by atoms with E-state index in [4.69, 9.17) is 15.2 Å². The molecule has 72 valence electrons. The van der Waals surface area contributed by atoms with E-state index in [0.717, 1.165) is 0 Å². The molecule has 0 bridgehead atoms. The van der Waals surface area contributed by atoms with Crippen molar-refractivity contribution < 1.29 is 19.0 Å². The second-order valence-corrected chi connectivity index (χ2v) is 2.27. The topological polar surface area (TPSA) is 70.8 Å². The minimum absolute atomic E-state index is 0.0657. The molecule has 0 saturated heterocycles. The van der Waals surface area contributed by atoms with Gasteiger partial charge in [0.1, 0.15) is 6.04 Å².